The molecule has 0 unspecified atom stereocenters. The fraction of sp³-hybridized carbons (Fsp3) is 0.467. The molecule has 0 saturated carbocycles. The van der Waals surface area contributed by atoms with Gasteiger partial charge in [-0.3, -0.25) is 0 Å². The molecule has 1 aromatic carbocycles. The van der Waals surface area contributed by atoms with Crippen molar-refractivity contribution >= 4 is 17.7 Å². The summed E-state index contributed by atoms with van der Waals surface area (Å²) in [5.74, 6) is -0.346. The maximum Gasteiger partial charge on any atom is 0.148 e. The topological polar surface area (TPSA) is 12.0 Å². The highest BCUT2D eigenvalue weighted by Gasteiger charge is 2.10. The average Bonchev–Trinajstić information content (AvgIpc) is 2.28. The molecule has 0 atom stereocenters. The second-order valence-electron chi connectivity index (χ2n) is 5.40. The van der Waals surface area contributed by atoms with Crippen LogP contribution in [0, 0.1) is 5.82 Å². The Balaban J connectivity index is 2.87. The number of hydrogen-bond acceptors (Lipinski definition) is 1. The van der Waals surface area contributed by atoms with Crippen LogP contribution in [0.5, 0.6) is 0 Å². The molecule has 0 aromatic heterocycles. The van der Waals surface area contributed by atoms with E-state index in [1.165, 1.54) is 0 Å². The second-order valence-corrected chi connectivity index (χ2v) is 5.81. The Kier molecular flexibility index (Phi) is 5.36. The highest BCUT2D eigenvalue weighted by Crippen LogP contribution is 2.20. The van der Waals surface area contributed by atoms with E-state index in [1.807, 2.05) is 6.08 Å². The summed E-state index contributed by atoms with van der Waals surface area (Å²) in [6, 6.07) is 5.07. The highest BCUT2D eigenvalue weighted by molar-refractivity contribution is 6.30. The van der Waals surface area contributed by atoms with Crippen molar-refractivity contribution < 1.29 is 4.39 Å². The van der Waals surface area contributed by atoms with E-state index in [0.717, 1.165) is 18.5 Å². The van der Waals surface area contributed by atoms with E-state index in [9.17, 15) is 4.39 Å². The monoisotopic (exact) mass is 269 g/mol. The van der Waals surface area contributed by atoms with Crippen LogP contribution in [0.25, 0.3) is 6.08 Å². The molecule has 0 heterocycles. The zero-order valence-corrected chi connectivity index (χ0v) is 12.2. The second kappa shape index (κ2) is 6.35. The largest absolute Gasteiger partial charge is 0.308 e. The van der Waals surface area contributed by atoms with Gasteiger partial charge in [-0.1, -0.05) is 42.3 Å². The van der Waals surface area contributed by atoms with Crippen LogP contribution in [-0.4, -0.2) is 12.1 Å². The maximum absolute atomic E-state index is 13.8. The van der Waals surface area contributed by atoms with E-state index < -0.39 is 0 Å². The molecule has 0 aliphatic heterocycles. The van der Waals surface area contributed by atoms with Gasteiger partial charge in [0.05, 0.1) is 5.02 Å². The van der Waals surface area contributed by atoms with Crippen molar-refractivity contribution in [3.05, 3.63) is 40.2 Å². The minimum absolute atomic E-state index is 0.0567. The van der Waals surface area contributed by atoms with E-state index >= 15 is 0 Å². The molecule has 0 spiro atoms. The lowest BCUT2D eigenvalue weighted by Gasteiger charge is -2.21. The van der Waals surface area contributed by atoms with Gasteiger partial charge < -0.3 is 5.32 Å². The maximum atomic E-state index is 13.8. The van der Waals surface area contributed by atoms with Crippen LogP contribution in [-0.2, 0) is 0 Å². The first-order valence-corrected chi connectivity index (χ1v) is 6.60. The van der Waals surface area contributed by atoms with Gasteiger partial charge in [-0.2, -0.15) is 0 Å². The molecule has 0 fully saturated rings. The number of benzene rings is 1. The van der Waals surface area contributed by atoms with E-state index in [1.54, 1.807) is 18.2 Å². The Morgan fingerprint density at radius 1 is 1.39 bits per heavy atom. The number of hydrogen-bond donors (Lipinski definition) is 1. The molecule has 0 amide bonds. The summed E-state index contributed by atoms with van der Waals surface area (Å²) in [5, 5.41) is 3.57. The van der Waals surface area contributed by atoms with Crippen molar-refractivity contribution in [2.24, 2.45) is 0 Å². The van der Waals surface area contributed by atoms with E-state index in [4.69, 9.17) is 11.6 Å². The van der Waals surface area contributed by atoms with E-state index in [-0.39, 0.29) is 16.4 Å². The van der Waals surface area contributed by atoms with Crippen LogP contribution in [0.3, 0.4) is 0 Å². The van der Waals surface area contributed by atoms with Gasteiger partial charge in [0.2, 0.25) is 0 Å². The Bertz CT molecular complexity index is 433. The van der Waals surface area contributed by atoms with Gasteiger partial charge in [0, 0.05) is 17.6 Å². The van der Waals surface area contributed by atoms with E-state index in [0.29, 0.717) is 5.56 Å². The molecule has 3 heteroatoms. The third-order valence-electron chi connectivity index (χ3n) is 2.64. The van der Waals surface area contributed by atoms with Crippen molar-refractivity contribution in [2.75, 3.05) is 6.54 Å². The third-order valence-corrected chi connectivity index (χ3v) is 2.93. The lowest BCUT2D eigenvalue weighted by molar-refractivity contribution is 0.443. The normalized spacial score (nSPS) is 12.9. The zero-order valence-electron chi connectivity index (χ0n) is 11.5. The Morgan fingerprint density at radius 3 is 2.61 bits per heavy atom. The number of rotatable bonds is 4. The molecular formula is C15H21ClFN. The minimum Gasteiger partial charge on any atom is -0.308 e. The smallest absolute Gasteiger partial charge is 0.148 e. The van der Waals surface area contributed by atoms with Crippen molar-refractivity contribution in [2.45, 2.75) is 39.7 Å². The zero-order chi connectivity index (χ0) is 13.8. The quantitative estimate of drug-likeness (QED) is 0.838. The fourth-order valence-corrected chi connectivity index (χ4v) is 1.69. The molecule has 1 N–H and O–H groups in total. The lowest BCUT2D eigenvalue weighted by atomic mass is 10.1. The van der Waals surface area contributed by atoms with Gasteiger partial charge in [-0.05, 0) is 33.3 Å². The molecule has 1 nitrogen and oxygen atoms in total. The van der Waals surface area contributed by atoms with Gasteiger partial charge in [-0.25, -0.2) is 4.39 Å². The minimum atomic E-state index is -0.346. The van der Waals surface area contributed by atoms with Crippen molar-refractivity contribution in [3.8, 4) is 0 Å². The van der Waals surface area contributed by atoms with Crippen LogP contribution >= 0.6 is 11.6 Å². The predicted molar refractivity (Wildman–Crippen MR) is 77.4 cm³/mol. The van der Waals surface area contributed by atoms with Gasteiger partial charge in [0.1, 0.15) is 5.82 Å². The molecule has 0 aliphatic carbocycles. The Labute approximate surface area is 114 Å². The van der Waals surface area contributed by atoms with Crippen molar-refractivity contribution in [1.29, 1.82) is 0 Å². The third kappa shape index (κ3) is 4.79. The molecule has 1 aromatic rings. The van der Waals surface area contributed by atoms with Gasteiger partial charge in [-0.15, -0.1) is 0 Å². The fourth-order valence-electron chi connectivity index (χ4n) is 1.51. The van der Waals surface area contributed by atoms with Crippen LogP contribution in [0.2, 0.25) is 5.02 Å². The molecule has 0 aliphatic rings. The molecule has 0 saturated heterocycles. The SMILES string of the molecule is CC/C(=C/c1cccc(Cl)c1F)CNC(C)(C)C. The molecule has 1 rings (SSSR count). The molecule has 18 heavy (non-hydrogen) atoms. The standard InChI is InChI=1S/C15H21ClFN/c1-5-11(10-18-15(2,3)4)9-12-7-6-8-13(16)14(12)17/h6-9,18H,5,10H2,1-4H3/b11-9-. The molecule has 0 bridgehead atoms. The summed E-state index contributed by atoms with van der Waals surface area (Å²) >= 11 is 5.77. The van der Waals surface area contributed by atoms with Crippen LogP contribution in [0.1, 0.15) is 39.7 Å². The van der Waals surface area contributed by atoms with Crippen molar-refractivity contribution in [1.82, 2.24) is 5.32 Å². The molecular weight excluding hydrogens is 249 g/mol. The van der Waals surface area contributed by atoms with Crippen LogP contribution in [0.4, 0.5) is 4.39 Å². The Hall–Kier alpha value is -0.860. The van der Waals surface area contributed by atoms with E-state index in [2.05, 4.69) is 33.0 Å². The highest BCUT2D eigenvalue weighted by atomic mass is 35.5. The summed E-state index contributed by atoms with van der Waals surface area (Å²) in [6.07, 6.45) is 2.76. The predicted octanol–water partition coefficient (Wildman–Crippen LogP) is 4.66. The van der Waals surface area contributed by atoms with Crippen molar-refractivity contribution in [3.63, 3.8) is 0 Å². The number of nitrogens with one attached hydrogen (secondary N) is 1. The van der Waals surface area contributed by atoms with Gasteiger partial charge in [0.25, 0.3) is 0 Å². The first-order chi connectivity index (χ1) is 8.33. The van der Waals surface area contributed by atoms with Gasteiger partial charge >= 0.3 is 0 Å². The summed E-state index contributed by atoms with van der Waals surface area (Å²) in [4.78, 5) is 0. The van der Waals surface area contributed by atoms with Gasteiger partial charge in [0.15, 0.2) is 0 Å². The first kappa shape index (κ1) is 15.2. The Morgan fingerprint density at radius 2 is 2.06 bits per heavy atom. The summed E-state index contributed by atoms with van der Waals surface area (Å²) in [7, 11) is 0. The van der Waals surface area contributed by atoms with Crippen LogP contribution in [0.15, 0.2) is 23.8 Å². The molecule has 0 radical (unpaired) electrons. The summed E-state index contributed by atoms with van der Waals surface area (Å²) < 4.78 is 13.8. The number of halogens is 2. The first-order valence-electron chi connectivity index (χ1n) is 6.22. The summed E-state index contributed by atoms with van der Waals surface area (Å²) in [6.45, 7) is 9.16. The lowest BCUT2D eigenvalue weighted by Crippen LogP contribution is -2.36. The van der Waals surface area contributed by atoms with Crippen LogP contribution < -0.4 is 5.32 Å². The summed E-state index contributed by atoms with van der Waals surface area (Å²) in [5.41, 5.74) is 1.77. The molecule has 100 valence electrons. The average molecular weight is 270 g/mol.